The fourth-order valence-electron chi connectivity index (χ4n) is 10.8. The lowest BCUT2D eigenvalue weighted by atomic mass is 10.0. The highest BCUT2D eigenvalue weighted by molar-refractivity contribution is 5.71. The molecule has 478 valence electrons. The fourth-order valence-corrected chi connectivity index (χ4v) is 10.8. The van der Waals surface area contributed by atoms with Crippen molar-refractivity contribution in [2.75, 3.05) is 47.5 Å². The molecule has 1 N–H and O–H groups in total. The van der Waals surface area contributed by atoms with Gasteiger partial charge in [0.1, 0.15) is 13.2 Å². The van der Waals surface area contributed by atoms with E-state index in [0.29, 0.717) is 23.9 Å². The molecule has 0 heterocycles. The number of esters is 2. The zero-order valence-corrected chi connectivity index (χ0v) is 54.7. The van der Waals surface area contributed by atoms with E-state index in [1.807, 2.05) is 21.1 Å². The highest BCUT2D eigenvalue weighted by Gasteiger charge is 2.25. The van der Waals surface area contributed by atoms with Crippen molar-refractivity contribution in [3.05, 3.63) is 24.3 Å². The Morgan fingerprint density at radius 1 is 0.370 bits per heavy atom. The molecule has 0 aromatic carbocycles. The van der Waals surface area contributed by atoms with E-state index in [1.54, 1.807) is 0 Å². The van der Waals surface area contributed by atoms with Gasteiger partial charge in [0.15, 0.2) is 6.10 Å². The number of hydrogen-bond acceptors (Lipinski definition) is 7. The van der Waals surface area contributed by atoms with Gasteiger partial charge in [0.25, 0.3) is 6.29 Å². The Morgan fingerprint density at radius 2 is 0.667 bits per heavy atom. The summed E-state index contributed by atoms with van der Waals surface area (Å²) in [5.74, 6) is -2.00. The van der Waals surface area contributed by atoms with Gasteiger partial charge in [-0.2, -0.15) is 0 Å². The summed E-state index contributed by atoms with van der Waals surface area (Å²) in [4.78, 5) is 37.5. The molecule has 0 spiro atoms. The molecule has 0 aromatic heterocycles. The van der Waals surface area contributed by atoms with Crippen molar-refractivity contribution in [3.8, 4) is 0 Å². The Kier molecular flexibility index (Phi) is 62.0. The molecular formula is C72H138NO8+. The molecule has 9 heteroatoms. The zero-order chi connectivity index (χ0) is 59.1. The van der Waals surface area contributed by atoms with Gasteiger partial charge >= 0.3 is 17.9 Å². The Balaban J connectivity index is 3.88. The molecule has 0 amide bonds. The molecular weight excluding hydrogens is 1010 g/mol. The number of allylic oxidation sites excluding steroid dienone is 4. The average Bonchev–Trinajstić information content (AvgIpc) is 3.44. The van der Waals surface area contributed by atoms with E-state index in [1.165, 1.54) is 270 Å². The average molecular weight is 1150 g/mol. The van der Waals surface area contributed by atoms with Crippen molar-refractivity contribution in [3.63, 3.8) is 0 Å². The quantitative estimate of drug-likeness (QED) is 0.0211. The fraction of sp³-hybridized carbons (Fsp3) is 0.903. The van der Waals surface area contributed by atoms with Gasteiger partial charge in [0, 0.05) is 12.8 Å². The lowest BCUT2D eigenvalue weighted by Gasteiger charge is -2.25. The summed E-state index contributed by atoms with van der Waals surface area (Å²) >= 11 is 0. The Hall–Kier alpha value is -2.23. The minimum Gasteiger partial charge on any atom is -0.477 e. The smallest absolute Gasteiger partial charge is 0.361 e. The zero-order valence-electron chi connectivity index (χ0n) is 54.7. The van der Waals surface area contributed by atoms with Crippen LogP contribution < -0.4 is 0 Å². The summed E-state index contributed by atoms with van der Waals surface area (Å²) in [6.45, 7) is 4.90. The minimum atomic E-state index is -1.51. The standard InChI is InChI=1S/C72H137NO8/c1-6-8-10-12-14-16-18-20-22-24-25-26-27-28-29-30-31-32-33-34-35-36-37-38-39-40-41-42-43-44-45-46-47-49-50-52-54-56-58-60-62-69(74)79-66-68(67-80-72(71(76)77)78-65-64-73(3,4)5)81-70(75)63-61-59-57-55-53-51-48-23-21-19-17-15-13-11-9-7-2/h17,19,23,48,68,72H,6-16,18,20-22,24-47,49-67H2,1-5H3/p+1/b19-17-,48-23-. The molecule has 0 saturated heterocycles. The summed E-state index contributed by atoms with van der Waals surface area (Å²) < 4.78 is 22.9. The first-order chi connectivity index (χ1) is 39.6. The number of rotatable bonds is 67. The number of carbonyl (C=O) groups excluding carboxylic acids is 2. The molecule has 0 fully saturated rings. The number of quaternary nitrogens is 1. The molecule has 0 aromatic rings. The lowest BCUT2D eigenvalue weighted by molar-refractivity contribution is -0.870. The van der Waals surface area contributed by atoms with Crippen LogP contribution in [0.1, 0.15) is 361 Å². The lowest BCUT2D eigenvalue weighted by Crippen LogP contribution is -2.40. The second kappa shape index (κ2) is 63.8. The third kappa shape index (κ3) is 65.2. The third-order valence-electron chi connectivity index (χ3n) is 16.2. The van der Waals surface area contributed by atoms with Crippen LogP contribution in [-0.4, -0.2) is 87.4 Å². The molecule has 0 rings (SSSR count). The van der Waals surface area contributed by atoms with Gasteiger partial charge in [0.2, 0.25) is 0 Å². The third-order valence-corrected chi connectivity index (χ3v) is 16.2. The monoisotopic (exact) mass is 1150 g/mol. The van der Waals surface area contributed by atoms with Crippen molar-refractivity contribution < 1.29 is 42.9 Å². The summed E-state index contributed by atoms with van der Waals surface area (Å²) in [5, 5.41) is 9.72. The van der Waals surface area contributed by atoms with Gasteiger partial charge in [-0.3, -0.25) is 9.59 Å². The minimum absolute atomic E-state index is 0.183. The Labute approximate surface area is 503 Å². The van der Waals surface area contributed by atoms with Crippen LogP contribution >= 0.6 is 0 Å². The molecule has 0 aliphatic rings. The summed E-state index contributed by atoms with van der Waals surface area (Å²) in [6, 6.07) is 0. The maximum absolute atomic E-state index is 12.9. The molecule has 81 heavy (non-hydrogen) atoms. The first-order valence-corrected chi connectivity index (χ1v) is 35.5. The molecule has 0 saturated carbocycles. The van der Waals surface area contributed by atoms with Crippen LogP contribution in [0, 0.1) is 0 Å². The van der Waals surface area contributed by atoms with Crippen molar-refractivity contribution in [2.24, 2.45) is 0 Å². The molecule has 2 atom stereocenters. The summed E-state index contributed by atoms with van der Waals surface area (Å²) in [5.41, 5.74) is 0. The van der Waals surface area contributed by atoms with Crippen LogP contribution in [0.3, 0.4) is 0 Å². The van der Waals surface area contributed by atoms with Crippen molar-refractivity contribution in [1.82, 2.24) is 0 Å². The van der Waals surface area contributed by atoms with E-state index < -0.39 is 24.3 Å². The van der Waals surface area contributed by atoms with E-state index in [-0.39, 0.29) is 32.2 Å². The topological polar surface area (TPSA) is 108 Å². The highest BCUT2D eigenvalue weighted by atomic mass is 16.7. The summed E-state index contributed by atoms with van der Waals surface area (Å²) in [6.07, 6.45) is 76.2. The number of likely N-dealkylation sites (N-methyl/N-ethyl adjacent to an activating group) is 1. The molecule has 9 nitrogen and oxygen atoms in total. The number of unbranched alkanes of at least 4 members (excludes halogenated alkanes) is 48. The van der Waals surface area contributed by atoms with Crippen molar-refractivity contribution >= 4 is 17.9 Å². The van der Waals surface area contributed by atoms with Gasteiger partial charge in [0.05, 0.1) is 34.4 Å². The number of aliphatic carboxylic acids is 1. The van der Waals surface area contributed by atoms with E-state index in [2.05, 4.69) is 38.2 Å². The maximum Gasteiger partial charge on any atom is 0.361 e. The van der Waals surface area contributed by atoms with Crippen LogP contribution in [0.4, 0.5) is 0 Å². The van der Waals surface area contributed by atoms with Crippen LogP contribution in [0.5, 0.6) is 0 Å². The van der Waals surface area contributed by atoms with Crippen LogP contribution in [-0.2, 0) is 33.3 Å². The highest BCUT2D eigenvalue weighted by Crippen LogP contribution is 2.19. The van der Waals surface area contributed by atoms with E-state index in [9.17, 15) is 19.5 Å². The van der Waals surface area contributed by atoms with Gasteiger partial charge < -0.3 is 28.5 Å². The van der Waals surface area contributed by atoms with E-state index in [0.717, 1.165) is 57.8 Å². The summed E-state index contributed by atoms with van der Waals surface area (Å²) in [7, 11) is 5.98. The number of ether oxygens (including phenoxy) is 4. The van der Waals surface area contributed by atoms with Crippen LogP contribution in [0.2, 0.25) is 0 Å². The second-order valence-corrected chi connectivity index (χ2v) is 25.6. The Bertz CT molecular complexity index is 1380. The van der Waals surface area contributed by atoms with Crippen LogP contribution in [0.25, 0.3) is 0 Å². The van der Waals surface area contributed by atoms with Crippen molar-refractivity contribution in [1.29, 1.82) is 0 Å². The predicted octanol–water partition coefficient (Wildman–Crippen LogP) is 21.8. The van der Waals surface area contributed by atoms with Gasteiger partial charge in [-0.15, -0.1) is 0 Å². The van der Waals surface area contributed by atoms with Gasteiger partial charge in [-0.1, -0.05) is 327 Å². The molecule has 0 radical (unpaired) electrons. The van der Waals surface area contributed by atoms with Crippen LogP contribution in [0.15, 0.2) is 24.3 Å². The molecule has 0 aliphatic carbocycles. The van der Waals surface area contributed by atoms with Gasteiger partial charge in [-0.25, -0.2) is 4.79 Å². The number of carboxylic acid groups (broad SMARTS) is 1. The molecule has 2 unspecified atom stereocenters. The van der Waals surface area contributed by atoms with Gasteiger partial charge in [-0.05, 0) is 44.9 Å². The van der Waals surface area contributed by atoms with Crippen molar-refractivity contribution in [2.45, 2.75) is 373 Å². The van der Waals surface area contributed by atoms with E-state index in [4.69, 9.17) is 18.9 Å². The predicted molar refractivity (Wildman–Crippen MR) is 346 cm³/mol. The normalized spacial score (nSPS) is 12.8. The maximum atomic E-state index is 12.9. The number of nitrogens with zero attached hydrogens (tertiary/aromatic N) is 1. The molecule has 0 bridgehead atoms. The molecule has 0 aliphatic heterocycles. The Morgan fingerprint density at radius 3 is 0.988 bits per heavy atom. The number of hydrogen-bond donors (Lipinski definition) is 1. The second-order valence-electron chi connectivity index (χ2n) is 25.6. The number of carboxylic acids is 1. The first kappa shape index (κ1) is 78.8. The SMILES string of the molecule is CCCCCC/C=C\C/C=C\CCCCCCCC(=O)OC(COC(=O)CCCCCCCCCCCCCCCCCCCCCCCCCCCCCCCCCCCCCCCCCC)COC(OCC[N+](C)(C)C)C(=O)O. The first-order valence-electron chi connectivity index (χ1n) is 35.5. The number of carbonyl (C=O) groups is 3. The largest absolute Gasteiger partial charge is 0.477 e. The van der Waals surface area contributed by atoms with E-state index >= 15 is 0 Å².